The van der Waals surface area contributed by atoms with E-state index in [1.807, 2.05) is 20.8 Å². The summed E-state index contributed by atoms with van der Waals surface area (Å²) in [6.45, 7) is 11.8. The van der Waals surface area contributed by atoms with Crippen molar-refractivity contribution in [2.75, 3.05) is 13.1 Å². The SMILES string of the molecule is CC(C)(C)OC(=O)OC1CCCN(C(=O)OC(C)(C)C)C1. The molecule has 21 heavy (non-hydrogen) atoms. The van der Waals surface area contributed by atoms with Crippen LogP contribution in [0.25, 0.3) is 0 Å². The zero-order valence-corrected chi connectivity index (χ0v) is 13.9. The van der Waals surface area contributed by atoms with Gasteiger partial charge in [-0.05, 0) is 54.4 Å². The lowest BCUT2D eigenvalue weighted by atomic mass is 10.1. The molecule has 1 heterocycles. The Labute approximate surface area is 126 Å². The molecule has 0 spiro atoms. The summed E-state index contributed by atoms with van der Waals surface area (Å²) in [5, 5.41) is 0. The average molecular weight is 301 g/mol. The molecule has 1 unspecified atom stereocenters. The van der Waals surface area contributed by atoms with Crippen molar-refractivity contribution in [2.45, 2.75) is 71.7 Å². The van der Waals surface area contributed by atoms with Gasteiger partial charge in [-0.1, -0.05) is 0 Å². The zero-order valence-electron chi connectivity index (χ0n) is 13.9. The predicted molar refractivity (Wildman–Crippen MR) is 78.1 cm³/mol. The molecule has 1 fully saturated rings. The molecular weight excluding hydrogens is 274 g/mol. The molecule has 1 aliphatic heterocycles. The number of rotatable bonds is 1. The van der Waals surface area contributed by atoms with E-state index >= 15 is 0 Å². The van der Waals surface area contributed by atoms with Gasteiger partial charge in [-0.15, -0.1) is 0 Å². The minimum atomic E-state index is -0.696. The van der Waals surface area contributed by atoms with Crippen molar-refractivity contribution in [2.24, 2.45) is 0 Å². The third-order valence-corrected chi connectivity index (χ3v) is 2.68. The van der Waals surface area contributed by atoms with Crippen molar-refractivity contribution >= 4 is 12.2 Å². The number of hydrogen-bond donors (Lipinski definition) is 0. The molecule has 0 aromatic rings. The van der Waals surface area contributed by atoms with E-state index in [-0.39, 0.29) is 12.2 Å². The summed E-state index contributed by atoms with van der Waals surface area (Å²) in [7, 11) is 0. The fourth-order valence-corrected chi connectivity index (χ4v) is 1.94. The molecule has 0 radical (unpaired) electrons. The minimum Gasteiger partial charge on any atom is -0.444 e. The topological polar surface area (TPSA) is 65.1 Å². The second-order valence-electron chi connectivity index (χ2n) is 7.27. The number of piperidine rings is 1. The van der Waals surface area contributed by atoms with Crippen LogP contribution in [0.5, 0.6) is 0 Å². The fraction of sp³-hybridized carbons (Fsp3) is 0.867. The van der Waals surface area contributed by atoms with Gasteiger partial charge < -0.3 is 19.1 Å². The quantitative estimate of drug-likeness (QED) is 0.695. The van der Waals surface area contributed by atoms with Crippen molar-refractivity contribution < 1.29 is 23.8 Å². The van der Waals surface area contributed by atoms with Crippen LogP contribution in [-0.4, -0.2) is 47.5 Å². The molecule has 0 saturated carbocycles. The highest BCUT2D eigenvalue weighted by Gasteiger charge is 2.30. The first-order chi connectivity index (χ1) is 9.46. The molecule has 6 nitrogen and oxygen atoms in total. The first-order valence-corrected chi connectivity index (χ1v) is 7.34. The van der Waals surface area contributed by atoms with Gasteiger partial charge in [0.05, 0.1) is 6.54 Å². The molecule has 6 heteroatoms. The summed E-state index contributed by atoms with van der Waals surface area (Å²) < 4.78 is 15.7. The van der Waals surface area contributed by atoms with E-state index in [1.54, 1.807) is 25.7 Å². The van der Waals surface area contributed by atoms with Crippen LogP contribution in [0.1, 0.15) is 54.4 Å². The second-order valence-corrected chi connectivity index (χ2v) is 7.27. The van der Waals surface area contributed by atoms with Gasteiger partial charge in [-0.25, -0.2) is 9.59 Å². The van der Waals surface area contributed by atoms with E-state index in [2.05, 4.69) is 0 Å². The lowest BCUT2D eigenvalue weighted by Gasteiger charge is -2.33. The Kier molecular flexibility index (Phi) is 5.48. The number of likely N-dealkylation sites (tertiary alicyclic amines) is 1. The summed E-state index contributed by atoms with van der Waals surface area (Å²) in [5.74, 6) is 0. The minimum absolute atomic E-state index is 0.341. The summed E-state index contributed by atoms with van der Waals surface area (Å²) >= 11 is 0. The zero-order chi connectivity index (χ0) is 16.3. The Balaban J connectivity index is 2.49. The van der Waals surface area contributed by atoms with Gasteiger partial charge in [0.2, 0.25) is 0 Å². The molecule has 0 bridgehead atoms. The molecule has 1 saturated heterocycles. The van der Waals surface area contributed by atoms with Gasteiger partial charge >= 0.3 is 12.2 Å². The highest BCUT2D eigenvalue weighted by Crippen LogP contribution is 2.18. The highest BCUT2D eigenvalue weighted by molar-refractivity contribution is 5.68. The number of ether oxygens (including phenoxy) is 3. The maximum atomic E-state index is 12.0. The Morgan fingerprint density at radius 2 is 1.57 bits per heavy atom. The molecule has 122 valence electrons. The van der Waals surface area contributed by atoms with Crippen LogP contribution in [0.4, 0.5) is 9.59 Å². The molecule has 1 atom stereocenters. The number of carbonyl (C=O) groups is 2. The average Bonchev–Trinajstić information content (AvgIpc) is 2.24. The Bertz CT molecular complexity index is 381. The monoisotopic (exact) mass is 301 g/mol. The maximum absolute atomic E-state index is 12.0. The first-order valence-electron chi connectivity index (χ1n) is 7.34. The normalized spacial score (nSPS) is 19.9. The van der Waals surface area contributed by atoms with Crippen molar-refractivity contribution in [3.8, 4) is 0 Å². The molecular formula is C15H27NO5. The summed E-state index contributed by atoms with van der Waals surface area (Å²) in [6, 6.07) is 0. The van der Waals surface area contributed by atoms with Gasteiger partial charge in [-0.2, -0.15) is 0 Å². The van der Waals surface area contributed by atoms with Crippen molar-refractivity contribution in [3.63, 3.8) is 0 Å². The third-order valence-electron chi connectivity index (χ3n) is 2.68. The molecule has 0 aromatic heterocycles. The molecule has 1 amide bonds. The van der Waals surface area contributed by atoms with Gasteiger partial charge in [0.15, 0.2) is 0 Å². The fourth-order valence-electron chi connectivity index (χ4n) is 1.94. The number of hydrogen-bond acceptors (Lipinski definition) is 5. The van der Waals surface area contributed by atoms with E-state index in [4.69, 9.17) is 14.2 Å². The summed E-state index contributed by atoms with van der Waals surface area (Å²) in [4.78, 5) is 25.2. The lowest BCUT2D eigenvalue weighted by Crippen LogP contribution is -2.46. The third kappa shape index (κ3) is 7.20. The van der Waals surface area contributed by atoms with E-state index < -0.39 is 17.4 Å². The van der Waals surface area contributed by atoms with E-state index in [1.165, 1.54) is 0 Å². The largest absolute Gasteiger partial charge is 0.509 e. The number of carbonyl (C=O) groups excluding carboxylic acids is 2. The van der Waals surface area contributed by atoms with Crippen LogP contribution in [0.15, 0.2) is 0 Å². The predicted octanol–water partition coefficient (Wildman–Crippen LogP) is 3.34. The Morgan fingerprint density at radius 3 is 2.10 bits per heavy atom. The first kappa shape index (κ1) is 17.6. The van der Waals surface area contributed by atoms with Crippen molar-refractivity contribution in [1.29, 1.82) is 0 Å². The van der Waals surface area contributed by atoms with Gasteiger partial charge in [0, 0.05) is 6.54 Å². The van der Waals surface area contributed by atoms with Gasteiger partial charge in [-0.3, -0.25) is 0 Å². The van der Waals surface area contributed by atoms with Crippen molar-refractivity contribution in [3.05, 3.63) is 0 Å². The van der Waals surface area contributed by atoms with Crippen molar-refractivity contribution in [1.82, 2.24) is 4.90 Å². The Hall–Kier alpha value is -1.46. The van der Waals surface area contributed by atoms with E-state index in [9.17, 15) is 9.59 Å². The summed E-state index contributed by atoms with van der Waals surface area (Å²) in [5.41, 5.74) is -1.12. The molecule has 1 aliphatic rings. The summed E-state index contributed by atoms with van der Waals surface area (Å²) in [6.07, 6.45) is 0.0743. The smallest absolute Gasteiger partial charge is 0.444 e. The second kappa shape index (κ2) is 6.54. The molecule has 0 aromatic carbocycles. The van der Waals surface area contributed by atoms with E-state index in [0.717, 1.165) is 12.8 Å². The van der Waals surface area contributed by atoms with Crippen LogP contribution in [0, 0.1) is 0 Å². The Morgan fingerprint density at radius 1 is 1.00 bits per heavy atom. The van der Waals surface area contributed by atoms with Gasteiger partial charge in [0.1, 0.15) is 17.3 Å². The van der Waals surface area contributed by atoms with Crippen LogP contribution >= 0.6 is 0 Å². The molecule has 0 N–H and O–H groups in total. The highest BCUT2D eigenvalue weighted by atomic mass is 16.7. The number of amides is 1. The van der Waals surface area contributed by atoms with Crippen LogP contribution in [-0.2, 0) is 14.2 Å². The van der Waals surface area contributed by atoms with Gasteiger partial charge in [0.25, 0.3) is 0 Å². The molecule has 1 rings (SSSR count). The van der Waals surface area contributed by atoms with Crippen LogP contribution < -0.4 is 0 Å². The maximum Gasteiger partial charge on any atom is 0.509 e. The lowest BCUT2D eigenvalue weighted by molar-refractivity contribution is -0.0461. The standard InChI is InChI=1S/C15H27NO5/c1-14(2,3)20-12(17)16-9-7-8-11(10-16)19-13(18)21-15(4,5)6/h11H,7-10H2,1-6H3. The molecule has 0 aliphatic carbocycles. The number of nitrogens with zero attached hydrogens (tertiary/aromatic N) is 1. The van der Waals surface area contributed by atoms with E-state index in [0.29, 0.717) is 13.1 Å². The van der Waals surface area contributed by atoms with Crippen LogP contribution in [0.2, 0.25) is 0 Å². The van der Waals surface area contributed by atoms with Crippen LogP contribution in [0.3, 0.4) is 0 Å².